The van der Waals surface area contributed by atoms with E-state index in [-0.39, 0.29) is 17.7 Å². The minimum atomic E-state index is -0.201. The number of hydrogen-bond acceptors (Lipinski definition) is 3. The Morgan fingerprint density at radius 3 is 2.41 bits per heavy atom. The van der Waals surface area contributed by atoms with Crippen molar-refractivity contribution in [2.45, 2.75) is 13.8 Å². The molecule has 2 amide bonds. The first-order valence-electron chi connectivity index (χ1n) is 8.77. The predicted molar refractivity (Wildman–Crippen MR) is 108 cm³/mol. The van der Waals surface area contributed by atoms with Gasteiger partial charge in [0.05, 0.1) is 12.8 Å². The van der Waals surface area contributed by atoms with Crippen LogP contribution in [-0.4, -0.2) is 18.9 Å². The number of amides is 2. The maximum absolute atomic E-state index is 12.8. The van der Waals surface area contributed by atoms with Crippen LogP contribution < -0.4 is 15.4 Å². The number of fused-ring (bicyclic) bond motifs is 1. The van der Waals surface area contributed by atoms with Crippen molar-refractivity contribution in [3.05, 3.63) is 66.2 Å². The summed E-state index contributed by atoms with van der Waals surface area (Å²) in [4.78, 5) is 24.7. The minimum Gasteiger partial charge on any atom is -0.494 e. The first-order chi connectivity index (χ1) is 13.0. The molecule has 0 fully saturated rings. The Hall–Kier alpha value is -3.34. The molecular weight excluding hydrogens is 340 g/mol. The van der Waals surface area contributed by atoms with Gasteiger partial charge in [-0.05, 0) is 29.0 Å². The lowest BCUT2D eigenvalue weighted by atomic mass is 10.0. The van der Waals surface area contributed by atoms with Crippen LogP contribution in [0.1, 0.15) is 24.2 Å². The van der Waals surface area contributed by atoms with Gasteiger partial charge in [-0.1, -0.05) is 50.2 Å². The van der Waals surface area contributed by atoms with Gasteiger partial charge < -0.3 is 15.4 Å². The van der Waals surface area contributed by atoms with Gasteiger partial charge in [-0.2, -0.15) is 0 Å². The van der Waals surface area contributed by atoms with Gasteiger partial charge in [0.25, 0.3) is 5.91 Å². The molecule has 0 aliphatic carbocycles. The van der Waals surface area contributed by atoms with Crippen LogP contribution in [0.25, 0.3) is 10.8 Å². The Bertz CT molecular complexity index is 991. The van der Waals surface area contributed by atoms with Gasteiger partial charge in [-0.25, -0.2) is 0 Å². The predicted octanol–water partition coefficient (Wildman–Crippen LogP) is 4.70. The second kappa shape index (κ2) is 7.91. The molecule has 0 bridgehead atoms. The molecule has 0 aliphatic rings. The van der Waals surface area contributed by atoms with Crippen LogP contribution in [-0.2, 0) is 4.79 Å². The van der Waals surface area contributed by atoms with Crippen molar-refractivity contribution >= 4 is 34.0 Å². The van der Waals surface area contributed by atoms with Crippen LogP contribution in [0.5, 0.6) is 5.75 Å². The van der Waals surface area contributed by atoms with Gasteiger partial charge in [-0.3, -0.25) is 9.59 Å². The van der Waals surface area contributed by atoms with Crippen molar-refractivity contribution in [1.29, 1.82) is 0 Å². The molecule has 0 unspecified atom stereocenters. The monoisotopic (exact) mass is 362 g/mol. The van der Waals surface area contributed by atoms with E-state index in [0.29, 0.717) is 22.7 Å². The number of hydrogen-bond donors (Lipinski definition) is 2. The number of rotatable bonds is 5. The van der Waals surface area contributed by atoms with Crippen molar-refractivity contribution in [2.24, 2.45) is 5.92 Å². The highest BCUT2D eigenvalue weighted by Crippen LogP contribution is 2.29. The van der Waals surface area contributed by atoms with Crippen LogP contribution in [0.2, 0.25) is 0 Å². The molecule has 0 radical (unpaired) electrons. The maximum Gasteiger partial charge on any atom is 0.256 e. The molecular formula is C22H22N2O3. The van der Waals surface area contributed by atoms with E-state index >= 15 is 0 Å². The van der Waals surface area contributed by atoms with Gasteiger partial charge in [0.2, 0.25) is 5.91 Å². The van der Waals surface area contributed by atoms with Gasteiger partial charge in [0.1, 0.15) is 5.75 Å². The van der Waals surface area contributed by atoms with Crippen LogP contribution in [0.4, 0.5) is 11.4 Å². The third kappa shape index (κ3) is 4.08. The lowest BCUT2D eigenvalue weighted by molar-refractivity contribution is -0.118. The quantitative estimate of drug-likeness (QED) is 0.691. The van der Waals surface area contributed by atoms with Crippen molar-refractivity contribution in [3.63, 3.8) is 0 Å². The van der Waals surface area contributed by atoms with Gasteiger partial charge >= 0.3 is 0 Å². The summed E-state index contributed by atoms with van der Waals surface area (Å²) < 4.78 is 5.36. The molecule has 0 spiro atoms. The SMILES string of the molecule is COc1cc(NC(=O)c2cccc3ccccc23)ccc1NC(=O)C(C)C. The molecule has 27 heavy (non-hydrogen) atoms. The summed E-state index contributed by atoms with van der Waals surface area (Å²) in [6, 6.07) is 18.5. The summed E-state index contributed by atoms with van der Waals surface area (Å²) in [5.41, 5.74) is 1.76. The average Bonchev–Trinajstić information content (AvgIpc) is 2.68. The average molecular weight is 362 g/mol. The Morgan fingerprint density at radius 1 is 0.926 bits per heavy atom. The van der Waals surface area contributed by atoms with Crippen LogP contribution >= 0.6 is 0 Å². The van der Waals surface area contributed by atoms with E-state index in [0.717, 1.165) is 10.8 Å². The molecule has 3 aromatic carbocycles. The van der Waals surface area contributed by atoms with E-state index in [2.05, 4.69) is 10.6 Å². The van der Waals surface area contributed by atoms with Gasteiger partial charge in [0.15, 0.2) is 0 Å². The van der Waals surface area contributed by atoms with E-state index in [1.165, 1.54) is 7.11 Å². The zero-order chi connectivity index (χ0) is 19.4. The van der Waals surface area contributed by atoms with E-state index < -0.39 is 0 Å². The standard InChI is InChI=1S/C22H22N2O3/c1-14(2)21(25)24-19-12-11-16(13-20(19)27-3)23-22(26)18-10-6-8-15-7-4-5-9-17(15)18/h4-14H,1-3H3,(H,23,26)(H,24,25). The van der Waals surface area contributed by atoms with E-state index in [4.69, 9.17) is 4.74 Å². The fraction of sp³-hybridized carbons (Fsp3) is 0.182. The second-order valence-corrected chi connectivity index (χ2v) is 6.54. The molecule has 2 N–H and O–H groups in total. The summed E-state index contributed by atoms with van der Waals surface area (Å²) in [7, 11) is 1.52. The third-order valence-electron chi connectivity index (χ3n) is 4.28. The highest BCUT2D eigenvalue weighted by atomic mass is 16.5. The number of ether oxygens (including phenoxy) is 1. The molecule has 5 heteroatoms. The fourth-order valence-corrected chi connectivity index (χ4v) is 2.77. The molecule has 0 saturated heterocycles. The summed E-state index contributed by atoms with van der Waals surface area (Å²) in [5, 5.41) is 7.62. The number of benzene rings is 3. The smallest absolute Gasteiger partial charge is 0.256 e. The number of carbonyl (C=O) groups is 2. The van der Waals surface area contributed by atoms with Crippen molar-refractivity contribution < 1.29 is 14.3 Å². The highest BCUT2D eigenvalue weighted by molar-refractivity contribution is 6.13. The van der Waals surface area contributed by atoms with Crippen LogP contribution in [0.15, 0.2) is 60.7 Å². The number of nitrogens with one attached hydrogen (secondary N) is 2. The van der Waals surface area contributed by atoms with Crippen LogP contribution in [0.3, 0.4) is 0 Å². The largest absolute Gasteiger partial charge is 0.494 e. The Kier molecular flexibility index (Phi) is 5.41. The lowest BCUT2D eigenvalue weighted by Crippen LogP contribution is -2.18. The summed E-state index contributed by atoms with van der Waals surface area (Å²) >= 11 is 0. The van der Waals surface area contributed by atoms with Gasteiger partial charge in [-0.15, -0.1) is 0 Å². The molecule has 0 atom stereocenters. The zero-order valence-electron chi connectivity index (χ0n) is 15.6. The molecule has 0 saturated carbocycles. The molecule has 5 nitrogen and oxygen atoms in total. The summed E-state index contributed by atoms with van der Waals surface area (Å²) in [5.74, 6) is 0.0498. The Labute approximate surface area is 158 Å². The van der Waals surface area contributed by atoms with E-state index in [1.54, 1.807) is 24.3 Å². The van der Waals surface area contributed by atoms with Crippen molar-refractivity contribution in [1.82, 2.24) is 0 Å². The topological polar surface area (TPSA) is 67.4 Å². The molecule has 0 aliphatic heterocycles. The second-order valence-electron chi connectivity index (χ2n) is 6.54. The lowest BCUT2D eigenvalue weighted by Gasteiger charge is -2.14. The molecule has 3 rings (SSSR count). The number of carbonyl (C=O) groups excluding carboxylic acids is 2. The normalized spacial score (nSPS) is 10.7. The maximum atomic E-state index is 12.8. The van der Waals surface area contributed by atoms with E-state index in [1.807, 2.05) is 50.2 Å². The molecule has 138 valence electrons. The van der Waals surface area contributed by atoms with Crippen LogP contribution in [0, 0.1) is 5.92 Å². The Balaban J connectivity index is 1.85. The minimum absolute atomic E-state index is 0.0964. The van der Waals surface area contributed by atoms with Crippen molar-refractivity contribution in [2.75, 3.05) is 17.7 Å². The molecule has 0 heterocycles. The number of methoxy groups -OCH3 is 1. The fourth-order valence-electron chi connectivity index (χ4n) is 2.77. The summed E-state index contributed by atoms with van der Waals surface area (Å²) in [6.45, 7) is 3.64. The summed E-state index contributed by atoms with van der Waals surface area (Å²) in [6.07, 6.45) is 0. The van der Waals surface area contributed by atoms with Crippen molar-refractivity contribution in [3.8, 4) is 5.75 Å². The third-order valence-corrected chi connectivity index (χ3v) is 4.28. The first-order valence-corrected chi connectivity index (χ1v) is 8.77. The zero-order valence-corrected chi connectivity index (χ0v) is 15.6. The molecule has 0 aromatic heterocycles. The van der Waals surface area contributed by atoms with E-state index in [9.17, 15) is 9.59 Å². The Morgan fingerprint density at radius 2 is 1.67 bits per heavy atom. The first kappa shape index (κ1) is 18.5. The van der Waals surface area contributed by atoms with Gasteiger partial charge in [0, 0.05) is 23.2 Å². The molecule has 3 aromatic rings. The highest BCUT2D eigenvalue weighted by Gasteiger charge is 2.14. The number of anilines is 2.